The standard InChI is InChI=1S/C23H20ClF2N5O3/c1-12-10-33-22-18(9-27-11-28-22)17-7-14(8-19-20(17)31(12)13(2)29-19)21(32)30-15-3-5-16(6-4-15)34-23(24,25)26/h3-9,11-12,22H,10H2,1-2H3,(H,27,28)(H,30,32). The number of nitrogens with zero attached hydrogens (tertiary/aromatic N) is 3. The van der Waals surface area contributed by atoms with E-state index in [9.17, 15) is 13.6 Å². The van der Waals surface area contributed by atoms with Gasteiger partial charge in [-0.15, -0.1) is 8.78 Å². The normalized spacial score (nSPS) is 19.5. The van der Waals surface area contributed by atoms with Gasteiger partial charge in [-0.05, 0) is 50.2 Å². The number of hydrogen-bond acceptors (Lipinski definition) is 6. The smallest absolute Gasteiger partial charge is 0.420 e. The zero-order valence-electron chi connectivity index (χ0n) is 18.2. The van der Waals surface area contributed by atoms with Gasteiger partial charge in [0.05, 0.1) is 30.0 Å². The van der Waals surface area contributed by atoms with Gasteiger partial charge in [0.1, 0.15) is 11.6 Å². The van der Waals surface area contributed by atoms with Gasteiger partial charge in [-0.3, -0.25) is 4.79 Å². The first-order chi connectivity index (χ1) is 16.2. The quantitative estimate of drug-likeness (QED) is 0.523. The van der Waals surface area contributed by atoms with Gasteiger partial charge in [0.15, 0.2) is 6.23 Å². The molecule has 0 bridgehead atoms. The predicted molar refractivity (Wildman–Crippen MR) is 124 cm³/mol. The summed E-state index contributed by atoms with van der Waals surface area (Å²) < 4.78 is 38.0. The molecule has 0 saturated carbocycles. The number of imidazole rings is 1. The maximum Gasteiger partial charge on any atom is 0.487 e. The molecule has 0 radical (unpaired) electrons. The third kappa shape index (κ3) is 4.22. The Morgan fingerprint density at radius 2 is 2.09 bits per heavy atom. The van der Waals surface area contributed by atoms with Crippen LogP contribution >= 0.6 is 11.6 Å². The zero-order valence-corrected chi connectivity index (χ0v) is 18.9. The van der Waals surface area contributed by atoms with E-state index in [2.05, 4.69) is 24.9 Å². The molecule has 2 aromatic carbocycles. The SMILES string of the molecule is Cc1nc2cc(C(=O)Nc3ccc(OC(F)(F)Cl)cc3)cc3c2n1C(C)COC1N=CNC=C31. The first-order valence-electron chi connectivity index (χ1n) is 10.5. The summed E-state index contributed by atoms with van der Waals surface area (Å²) in [4.78, 5) is 22.2. The molecule has 11 heteroatoms. The third-order valence-corrected chi connectivity index (χ3v) is 5.68. The molecule has 1 amide bonds. The van der Waals surface area contributed by atoms with Gasteiger partial charge in [0, 0.05) is 40.2 Å². The number of ether oxygens (including phenoxy) is 2. The molecule has 0 fully saturated rings. The highest BCUT2D eigenvalue weighted by molar-refractivity contribution is 6.20. The van der Waals surface area contributed by atoms with Gasteiger partial charge in [0.25, 0.3) is 5.91 Å². The lowest BCUT2D eigenvalue weighted by molar-refractivity contribution is -0.0964. The number of fused-ring (bicyclic) bond motifs is 2. The van der Waals surface area contributed by atoms with Crippen LogP contribution in [-0.4, -0.2) is 40.2 Å². The van der Waals surface area contributed by atoms with Gasteiger partial charge < -0.3 is 24.7 Å². The summed E-state index contributed by atoms with van der Waals surface area (Å²) in [5, 5.41) is 5.76. The van der Waals surface area contributed by atoms with Crippen molar-refractivity contribution in [1.29, 1.82) is 0 Å². The maximum atomic E-state index is 13.1. The summed E-state index contributed by atoms with van der Waals surface area (Å²) in [7, 11) is 0. The molecule has 2 N–H and O–H groups in total. The molecule has 1 aromatic heterocycles. The minimum absolute atomic E-state index is 0.0242. The average Bonchev–Trinajstić information content (AvgIpc) is 3.12. The van der Waals surface area contributed by atoms with E-state index < -0.39 is 11.8 Å². The van der Waals surface area contributed by atoms with Gasteiger partial charge in [-0.1, -0.05) is 0 Å². The number of amides is 1. The number of aliphatic imine (C=N–C) groups is 1. The number of aromatic nitrogens is 2. The van der Waals surface area contributed by atoms with E-state index >= 15 is 0 Å². The Morgan fingerprint density at radius 1 is 1.32 bits per heavy atom. The molecule has 0 aliphatic carbocycles. The molecule has 8 nitrogen and oxygen atoms in total. The molecule has 176 valence electrons. The van der Waals surface area contributed by atoms with Crippen LogP contribution in [-0.2, 0) is 4.74 Å². The first-order valence-corrected chi connectivity index (χ1v) is 10.9. The van der Waals surface area contributed by atoms with Crippen LogP contribution < -0.4 is 15.4 Å². The van der Waals surface area contributed by atoms with Crippen LogP contribution in [0.3, 0.4) is 0 Å². The van der Waals surface area contributed by atoms with E-state index in [-0.39, 0.29) is 17.7 Å². The highest BCUT2D eigenvalue weighted by atomic mass is 35.5. The second kappa shape index (κ2) is 8.37. The van der Waals surface area contributed by atoms with E-state index in [4.69, 9.17) is 21.3 Å². The number of nitrogens with one attached hydrogen (secondary N) is 2. The van der Waals surface area contributed by atoms with Crippen molar-refractivity contribution in [1.82, 2.24) is 14.9 Å². The monoisotopic (exact) mass is 487 g/mol. The number of benzene rings is 2. The largest absolute Gasteiger partial charge is 0.487 e. The van der Waals surface area contributed by atoms with Crippen LogP contribution in [0.5, 0.6) is 5.75 Å². The minimum Gasteiger partial charge on any atom is -0.420 e. The van der Waals surface area contributed by atoms with Crippen LogP contribution in [0.4, 0.5) is 14.5 Å². The topological polar surface area (TPSA) is 89.8 Å². The van der Waals surface area contributed by atoms with Crippen molar-refractivity contribution in [3.63, 3.8) is 0 Å². The van der Waals surface area contributed by atoms with Gasteiger partial charge in [0.2, 0.25) is 0 Å². The zero-order chi connectivity index (χ0) is 24.0. The van der Waals surface area contributed by atoms with E-state index in [1.165, 1.54) is 24.3 Å². The summed E-state index contributed by atoms with van der Waals surface area (Å²) >= 11 is 4.79. The first kappa shape index (κ1) is 22.3. The summed E-state index contributed by atoms with van der Waals surface area (Å²) in [6, 6.07) is 9.00. The molecule has 3 heterocycles. The van der Waals surface area contributed by atoms with E-state index in [1.54, 1.807) is 18.5 Å². The van der Waals surface area contributed by atoms with Gasteiger partial charge in [-0.25, -0.2) is 9.98 Å². The van der Waals surface area contributed by atoms with Crippen molar-refractivity contribution in [2.45, 2.75) is 31.7 Å². The number of aryl methyl sites for hydroxylation is 1. The van der Waals surface area contributed by atoms with E-state index in [0.717, 1.165) is 22.5 Å². The summed E-state index contributed by atoms with van der Waals surface area (Å²) in [6.07, 6.45) is 2.88. The highest BCUT2D eigenvalue weighted by Gasteiger charge is 2.29. The summed E-state index contributed by atoms with van der Waals surface area (Å²) in [5.74, 6) is 0.291. The third-order valence-electron chi connectivity index (χ3n) is 5.61. The molecule has 2 aliphatic heterocycles. The van der Waals surface area contributed by atoms with Gasteiger partial charge >= 0.3 is 5.57 Å². The molecular weight excluding hydrogens is 468 g/mol. The molecule has 2 atom stereocenters. The van der Waals surface area contributed by atoms with Crippen LogP contribution in [0.2, 0.25) is 0 Å². The Hall–Kier alpha value is -3.50. The fourth-order valence-corrected chi connectivity index (χ4v) is 4.31. The highest BCUT2D eigenvalue weighted by Crippen LogP contribution is 2.36. The Labute approximate surface area is 198 Å². The summed E-state index contributed by atoms with van der Waals surface area (Å²) in [5.41, 5.74) is 0.127. The number of halogens is 3. The van der Waals surface area contributed by atoms with Crippen LogP contribution in [0.1, 0.15) is 34.7 Å². The van der Waals surface area contributed by atoms with E-state index in [1.807, 2.05) is 20.0 Å². The lowest BCUT2D eigenvalue weighted by Crippen LogP contribution is -2.27. The van der Waals surface area contributed by atoms with Crippen molar-refractivity contribution >= 4 is 46.1 Å². The van der Waals surface area contributed by atoms with Crippen molar-refractivity contribution in [2.75, 3.05) is 11.9 Å². The lowest BCUT2D eigenvalue weighted by atomic mass is 9.98. The Bertz CT molecular complexity index is 1330. The van der Waals surface area contributed by atoms with Crippen molar-refractivity contribution in [3.05, 3.63) is 59.5 Å². The second-order valence-corrected chi connectivity index (χ2v) is 8.47. The number of carbonyl (C=O) groups is 1. The maximum absolute atomic E-state index is 13.1. The molecule has 2 aliphatic rings. The molecular formula is C23H20ClF2N5O3. The lowest BCUT2D eigenvalue weighted by Gasteiger charge is -2.28. The average molecular weight is 488 g/mol. The Morgan fingerprint density at radius 3 is 2.82 bits per heavy atom. The molecule has 2 unspecified atom stereocenters. The molecule has 3 aromatic rings. The Kier molecular flexibility index (Phi) is 5.49. The van der Waals surface area contributed by atoms with Crippen LogP contribution in [0, 0.1) is 6.92 Å². The molecule has 34 heavy (non-hydrogen) atoms. The second-order valence-electron chi connectivity index (χ2n) is 8.03. The minimum atomic E-state index is -3.81. The number of alkyl halides is 3. The van der Waals surface area contributed by atoms with Crippen LogP contribution in [0.25, 0.3) is 16.6 Å². The number of rotatable bonds is 4. The Balaban J connectivity index is 1.52. The van der Waals surface area contributed by atoms with Gasteiger partial charge in [-0.2, -0.15) is 0 Å². The fraction of sp³-hybridized carbons (Fsp3) is 0.261. The predicted octanol–water partition coefficient (Wildman–Crippen LogP) is 4.65. The fourth-order valence-electron chi connectivity index (χ4n) is 4.22. The number of hydrogen-bond donors (Lipinski definition) is 2. The molecule has 5 rings (SSSR count). The summed E-state index contributed by atoms with van der Waals surface area (Å²) in [6.45, 7) is 4.42. The van der Waals surface area contributed by atoms with Crippen molar-refractivity contribution < 1.29 is 23.0 Å². The van der Waals surface area contributed by atoms with E-state index in [0.29, 0.717) is 23.4 Å². The number of anilines is 1. The molecule has 0 saturated heterocycles. The van der Waals surface area contributed by atoms with Crippen molar-refractivity contribution in [3.8, 4) is 5.75 Å². The number of carbonyl (C=O) groups excluding carboxylic acids is 1. The van der Waals surface area contributed by atoms with Crippen molar-refractivity contribution in [2.24, 2.45) is 4.99 Å². The molecule has 0 spiro atoms. The van der Waals surface area contributed by atoms with Crippen LogP contribution in [0.15, 0.2) is 47.6 Å².